The molecule has 0 radical (unpaired) electrons. The summed E-state index contributed by atoms with van der Waals surface area (Å²) < 4.78 is 38.4. The fraction of sp³-hybridized carbons (Fsp3) is 0.571. The summed E-state index contributed by atoms with van der Waals surface area (Å²) in [5.74, 6) is 0. The minimum Gasteiger partial charge on any atom is -0.309 e. The second-order valence-corrected chi connectivity index (χ2v) is 2.90. The molecule has 15 heavy (non-hydrogen) atoms. The Morgan fingerprint density at radius 3 is 2.60 bits per heavy atom. The summed E-state index contributed by atoms with van der Waals surface area (Å²) in [6, 6.07) is 0. The predicted octanol–water partition coefficient (Wildman–Crippen LogP) is 1.85. The van der Waals surface area contributed by atoms with Gasteiger partial charge in [0.05, 0.1) is 24.0 Å². The molecule has 1 aliphatic rings. The fourth-order valence-corrected chi connectivity index (χ4v) is 1.42. The Bertz CT molecular complexity index is 324. The van der Waals surface area contributed by atoms with E-state index in [-0.39, 0.29) is 37.1 Å². The number of alkyl halides is 3. The van der Waals surface area contributed by atoms with Gasteiger partial charge in [0.1, 0.15) is 0 Å². The van der Waals surface area contributed by atoms with Gasteiger partial charge in [-0.1, -0.05) is 0 Å². The van der Waals surface area contributed by atoms with E-state index in [2.05, 4.69) is 10.4 Å². The number of aromatic nitrogens is 2. The standard InChI is InChI=1S/C7H8F3N3.2ClH/c8-7(9,10)5-3-12-13-2-1-11-4-6(5)13;;/h3,11H,1-2,4H2;2*1H. The number of halogens is 5. The quantitative estimate of drug-likeness (QED) is 0.775. The molecule has 1 N–H and O–H groups in total. The van der Waals surface area contributed by atoms with E-state index < -0.39 is 11.7 Å². The smallest absolute Gasteiger partial charge is 0.309 e. The van der Waals surface area contributed by atoms with Gasteiger partial charge >= 0.3 is 6.18 Å². The van der Waals surface area contributed by atoms with Crippen molar-refractivity contribution in [1.29, 1.82) is 0 Å². The van der Waals surface area contributed by atoms with Crippen LogP contribution in [0, 0.1) is 0 Å². The lowest BCUT2D eigenvalue weighted by molar-refractivity contribution is -0.138. The molecule has 0 aliphatic carbocycles. The molecule has 0 fully saturated rings. The van der Waals surface area contributed by atoms with Crippen LogP contribution in [0.1, 0.15) is 11.3 Å². The van der Waals surface area contributed by atoms with E-state index >= 15 is 0 Å². The van der Waals surface area contributed by atoms with Crippen molar-refractivity contribution in [2.45, 2.75) is 19.3 Å². The molecular formula is C7H10Cl2F3N3. The van der Waals surface area contributed by atoms with E-state index in [4.69, 9.17) is 0 Å². The molecule has 2 rings (SSSR count). The van der Waals surface area contributed by atoms with Crippen LogP contribution in [0.5, 0.6) is 0 Å². The molecule has 1 aromatic heterocycles. The van der Waals surface area contributed by atoms with Crippen LogP contribution >= 0.6 is 24.8 Å². The third-order valence-electron chi connectivity index (χ3n) is 2.05. The first-order valence-corrected chi connectivity index (χ1v) is 3.91. The SMILES string of the molecule is Cl.Cl.FC(F)(F)c1cnn2c1CNCC2. The topological polar surface area (TPSA) is 29.9 Å². The zero-order chi connectivity index (χ0) is 9.47. The van der Waals surface area contributed by atoms with Crippen LogP contribution in [-0.4, -0.2) is 16.3 Å². The Labute approximate surface area is 96.8 Å². The van der Waals surface area contributed by atoms with E-state index in [1.807, 2.05) is 0 Å². The van der Waals surface area contributed by atoms with Crippen LogP contribution in [0.2, 0.25) is 0 Å². The molecule has 2 heterocycles. The molecule has 88 valence electrons. The third-order valence-corrected chi connectivity index (χ3v) is 2.05. The van der Waals surface area contributed by atoms with Crippen LogP contribution in [0.3, 0.4) is 0 Å². The fourth-order valence-electron chi connectivity index (χ4n) is 1.42. The van der Waals surface area contributed by atoms with E-state index in [1.165, 1.54) is 4.68 Å². The van der Waals surface area contributed by atoms with Gasteiger partial charge in [-0.05, 0) is 0 Å². The van der Waals surface area contributed by atoms with Gasteiger partial charge in [-0.2, -0.15) is 18.3 Å². The van der Waals surface area contributed by atoms with Crippen LogP contribution < -0.4 is 5.32 Å². The highest BCUT2D eigenvalue weighted by Gasteiger charge is 2.36. The van der Waals surface area contributed by atoms with Gasteiger partial charge in [0.15, 0.2) is 0 Å². The second kappa shape index (κ2) is 5.05. The van der Waals surface area contributed by atoms with Crippen LogP contribution in [0.25, 0.3) is 0 Å². The van der Waals surface area contributed by atoms with Gasteiger partial charge < -0.3 is 5.32 Å². The average Bonchev–Trinajstić information content (AvgIpc) is 2.45. The number of hydrogen-bond acceptors (Lipinski definition) is 2. The van der Waals surface area contributed by atoms with Crippen molar-refractivity contribution >= 4 is 24.8 Å². The van der Waals surface area contributed by atoms with Gasteiger partial charge in [0.2, 0.25) is 0 Å². The van der Waals surface area contributed by atoms with Crippen molar-refractivity contribution in [2.75, 3.05) is 6.54 Å². The molecule has 0 saturated carbocycles. The Morgan fingerprint density at radius 1 is 1.33 bits per heavy atom. The lowest BCUT2D eigenvalue weighted by Crippen LogP contribution is -2.29. The van der Waals surface area contributed by atoms with Gasteiger partial charge in [0, 0.05) is 13.1 Å². The van der Waals surface area contributed by atoms with Crippen LogP contribution in [-0.2, 0) is 19.3 Å². The molecule has 0 saturated heterocycles. The van der Waals surface area contributed by atoms with Crippen molar-refractivity contribution in [3.8, 4) is 0 Å². The maximum atomic E-state index is 12.3. The maximum absolute atomic E-state index is 12.3. The number of nitrogens with zero attached hydrogens (tertiary/aromatic N) is 2. The van der Waals surface area contributed by atoms with Gasteiger partial charge in [0.25, 0.3) is 0 Å². The minimum atomic E-state index is -4.29. The van der Waals surface area contributed by atoms with E-state index in [0.29, 0.717) is 13.1 Å². The Hall–Kier alpha value is -0.460. The monoisotopic (exact) mass is 263 g/mol. The van der Waals surface area contributed by atoms with Crippen molar-refractivity contribution in [2.24, 2.45) is 0 Å². The van der Waals surface area contributed by atoms with E-state index in [9.17, 15) is 13.2 Å². The highest BCUT2D eigenvalue weighted by molar-refractivity contribution is 5.85. The molecule has 0 amide bonds. The first-order chi connectivity index (χ1) is 6.09. The average molecular weight is 264 g/mol. The largest absolute Gasteiger partial charge is 0.419 e. The number of fused-ring (bicyclic) bond motifs is 1. The molecule has 0 atom stereocenters. The number of nitrogens with one attached hydrogen (secondary N) is 1. The molecule has 0 unspecified atom stereocenters. The van der Waals surface area contributed by atoms with Gasteiger partial charge in [-0.3, -0.25) is 4.68 Å². The lowest BCUT2D eigenvalue weighted by Gasteiger charge is -2.16. The predicted molar refractivity (Wildman–Crippen MR) is 53.4 cm³/mol. The van der Waals surface area contributed by atoms with Crippen LogP contribution in [0.15, 0.2) is 6.20 Å². The van der Waals surface area contributed by atoms with Crippen molar-refractivity contribution in [3.05, 3.63) is 17.5 Å². The van der Waals surface area contributed by atoms with Crippen molar-refractivity contribution < 1.29 is 13.2 Å². The highest BCUT2D eigenvalue weighted by Crippen LogP contribution is 2.32. The highest BCUT2D eigenvalue weighted by atomic mass is 35.5. The first kappa shape index (κ1) is 14.5. The molecular weight excluding hydrogens is 254 g/mol. The Balaban J connectivity index is 0.000000980. The summed E-state index contributed by atoms with van der Waals surface area (Å²) in [5.41, 5.74) is -0.390. The van der Waals surface area contributed by atoms with Gasteiger partial charge in [-0.15, -0.1) is 24.8 Å². The normalized spacial score (nSPS) is 14.9. The van der Waals surface area contributed by atoms with E-state index in [0.717, 1.165) is 6.20 Å². The molecule has 3 nitrogen and oxygen atoms in total. The summed E-state index contributed by atoms with van der Waals surface area (Å²) in [4.78, 5) is 0. The molecule has 8 heteroatoms. The molecule has 1 aliphatic heterocycles. The van der Waals surface area contributed by atoms with Crippen molar-refractivity contribution in [3.63, 3.8) is 0 Å². The minimum absolute atomic E-state index is 0. The number of hydrogen-bond donors (Lipinski definition) is 1. The Kier molecular flexibility index (Phi) is 4.89. The lowest BCUT2D eigenvalue weighted by atomic mass is 10.2. The second-order valence-electron chi connectivity index (χ2n) is 2.90. The molecule has 0 aromatic carbocycles. The molecule has 0 spiro atoms. The number of rotatable bonds is 0. The third kappa shape index (κ3) is 2.76. The maximum Gasteiger partial charge on any atom is 0.419 e. The van der Waals surface area contributed by atoms with Gasteiger partial charge in [-0.25, -0.2) is 0 Å². The summed E-state index contributed by atoms with van der Waals surface area (Å²) in [6.45, 7) is 1.42. The van der Waals surface area contributed by atoms with Crippen molar-refractivity contribution in [1.82, 2.24) is 15.1 Å². The van der Waals surface area contributed by atoms with Crippen LogP contribution in [0.4, 0.5) is 13.2 Å². The zero-order valence-corrected chi connectivity index (χ0v) is 9.18. The molecule has 0 bridgehead atoms. The molecule has 1 aromatic rings. The van der Waals surface area contributed by atoms with E-state index in [1.54, 1.807) is 0 Å². The summed E-state index contributed by atoms with van der Waals surface area (Å²) >= 11 is 0. The summed E-state index contributed by atoms with van der Waals surface area (Å²) in [6.07, 6.45) is -3.39. The Morgan fingerprint density at radius 2 is 2.00 bits per heavy atom. The first-order valence-electron chi connectivity index (χ1n) is 3.91. The zero-order valence-electron chi connectivity index (χ0n) is 7.54. The summed E-state index contributed by atoms with van der Waals surface area (Å²) in [7, 11) is 0. The summed E-state index contributed by atoms with van der Waals surface area (Å²) in [5, 5.41) is 6.56.